The van der Waals surface area contributed by atoms with E-state index in [2.05, 4.69) is 5.32 Å². The topological polar surface area (TPSA) is 58.3 Å². The van der Waals surface area contributed by atoms with Crippen LogP contribution in [0.5, 0.6) is 0 Å². The third kappa shape index (κ3) is 4.25. The second kappa shape index (κ2) is 6.40. The normalized spacial score (nSPS) is 10.4. The minimum absolute atomic E-state index is 0.281. The molecule has 0 heterocycles. The van der Waals surface area contributed by atoms with Crippen LogP contribution in [0.15, 0.2) is 24.3 Å². The van der Waals surface area contributed by atoms with Crippen molar-refractivity contribution >= 4 is 5.69 Å². The minimum Gasteiger partial charge on any atom is -0.399 e. The molecule has 0 aliphatic rings. The summed E-state index contributed by atoms with van der Waals surface area (Å²) in [5, 5.41) is 11.9. The number of unbranched alkanes of at least 4 members (excludes halogenated alkanes) is 1. The summed E-state index contributed by atoms with van der Waals surface area (Å²) in [6.45, 7) is 2.10. The summed E-state index contributed by atoms with van der Waals surface area (Å²) in [7, 11) is 0. The quantitative estimate of drug-likeness (QED) is 0.470. The Kier molecular flexibility index (Phi) is 5.04. The molecule has 0 radical (unpaired) electrons. The summed E-state index contributed by atoms with van der Waals surface area (Å²) in [5.74, 6) is 0. The largest absolute Gasteiger partial charge is 0.399 e. The Morgan fingerprint density at radius 3 is 2.50 bits per heavy atom. The van der Waals surface area contributed by atoms with E-state index in [0.717, 1.165) is 31.6 Å². The summed E-state index contributed by atoms with van der Waals surface area (Å²) < 4.78 is 0. The van der Waals surface area contributed by atoms with Crippen molar-refractivity contribution in [2.45, 2.75) is 19.4 Å². The molecular weight excluding hydrogens is 176 g/mol. The van der Waals surface area contributed by atoms with E-state index in [1.54, 1.807) is 0 Å². The monoisotopic (exact) mass is 194 g/mol. The van der Waals surface area contributed by atoms with Gasteiger partial charge in [-0.1, -0.05) is 12.1 Å². The summed E-state index contributed by atoms with van der Waals surface area (Å²) >= 11 is 0. The maximum absolute atomic E-state index is 8.57. The SMILES string of the molecule is Nc1ccc(CNCCCCO)cc1. The van der Waals surface area contributed by atoms with Crippen molar-refractivity contribution < 1.29 is 5.11 Å². The number of hydrogen-bond acceptors (Lipinski definition) is 3. The maximum atomic E-state index is 8.57. The van der Waals surface area contributed by atoms with Gasteiger partial charge in [0.05, 0.1) is 0 Å². The lowest BCUT2D eigenvalue weighted by molar-refractivity contribution is 0.283. The number of anilines is 1. The smallest absolute Gasteiger partial charge is 0.0431 e. The molecular formula is C11H18N2O. The molecule has 0 fully saturated rings. The molecule has 0 atom stereocenters. The zero-order chi connectivity index (χ0) is 10.2. The van der Waals surface area contributed by atoms with Crippen molar-refractivity contribution in [3.05, 3.63) is 29.8 Å². The van der Waals surface area contributed by atoms with Gasteiger partial charge < -0.3 is 16.2 Å². The number of nitrogens with one attached hydrogen (secondary N) is 1. The van der Waals surface area contributed by atoms with E-state index in [1.165, 1.54) is 5.56 Å². The number of aliphatic hydroxyl groups excluding tert-OH is 1. The fourth-order valence-electron chi connectivity index (χ4n) is 1.23. The summed E-state index contributed by atoms with van der Waals surface area (Å²) in [5.41, 5.74) is 7.61. The predicted octanol–water partition coefficient (Wildman–Crippen LogP) is 1.13. The Balaban J connectivity index is 2.15. The molecule has 78 valence electrons. The van der Waals surface area contributed by atoms with Crippen molar-refractivity contribution in [2.24, 2.45) is 0 Å². The fraction of sp³-hybridized carbons (Fsp3) is 0.455. The Labute approximate surface area is 84.9 Å². The van der Waals surface area contributed by atoms with E-state index in [9.17, 15) is 0 Å². The van der Waals surface area contributed by atoms with E-state index in [0.29, 0.717) is 0 Å². The third-order valence-corrected chi connectivity index (χ3v) is 2.07. The van der Waals surface area contributed by atoms with Gasteiger partial charge in [0.1, 0.15) is 0 Å². The molecule has 4 N–H and O–H groups in total. The van der Waals surface area contributed by atoms with Crippen LogP contribution in [0.4, 0.5) is 5.69 Å². The van der Waals surface area contributed by atoms with Gasteiger partial charge in [-0.05, 0) is 37.1 Å². The van der Waals surface area contributed by atoms with Gasteiger partial charge in [0.2, 0.25) is 0 Å². The highest BCUT2D eigenvalue weighted by atomic mass is 16.2. The van der Waals surface area contributed by atoms with E-state index in [1.807, 2.05) is 24.3 Å². The molecule has 0 bridgehead atoms. The zero-order valence-corrected chi connectivity index (χ0v) is 8.37. The number of hydrogen-bond donors (Lipinski definition) is 3. The zero-order valence-electron chi connectivity index (χ0n) is 8.37. The molecule has 0 amide bonds. The summed E-state index contributed by atoms with van der Waals surface area (Å²) in [6, 6.07) is 7.86. The second-order valence-electron chi connectivity index (χ2n) is 3.35. The molecule has 0 aliphatic heterocycles. The van der Waals surface area contributed by atoms with Gasteiger partial charge in [0.15, 0.2) is 0 Å². The van der Waals surface area contributed by atoms with Crippen LogP contribution in [0, 0.1) is 0 Å². The molecule has 1 aromatic rings. The lowest BCUT2D eigenvalue weighted by Gasteiger charge is -2.04. The highest BCUT2D eigenvalue weighted by Crippen LogP contribution is 2.04. The Bertz CT molecular complexity index is 246. The van der Waals surface area contributed by atoms with E-state index >= 15 is 0 Å². The van der Waals surface area contributed by atoms with Gasteiger partial charge in [0, 0.05) is 18.8 Å². The lowest BCUT2D eigenvalue weighted by atomic mass is 10.2. The highest BCUT2D eigenvalue weighted by molar-refractivity contribution is 5.39. The van der Waals surface area contributed by atoms with Crippen molar-refractivity contribution in [3.63, 3.8) is 0 Å². The van der Waals surface area contributed by atoms with Crippen molar-refractivity contribution in [2.75, 3.05) is 18.9 Å². The van der Waals surface area contributed by atoms with Gasteiger partial charge in [-0.3, -0.25) is 0 Å². The molecule has 0 unspecified atom stereocenters. The van der Waals surface area contributed by atoms with Crippen molar-refractivity contribution in [1.29, 1.82) is 0 Å². The van der Waals surface area contributed by atoms with Crippen LogP contribution < -0.4 is 11.1 Å². The Morgan fingerprint density at radius 2 is 1.86 bits per heavy atom. The van der Waals surface area contributed by atoms with E-state index < -0.39 is 0 Å². The summed E-state index contributed by atoms with van der Waals surface area (Å²) in [4.78, 5) is 0. The first-order valence-corrected chi connectivity index (χ1v) is 4.99. The number of benzene rings is 1. The highest BCUT2D eigenvalue weighted by Gasteiger charge is 1.92. The molecule has 1 aromatic carbocycles. The minimum atomic E-state index is 0.281. The first kappa shape index (κ1) is 11.0. The van der Waals surface area contributed by atoms with E-state index in [-0.39, 0.29) is 6.61 Å². The van der Waals surface area contributed by atoms with Gasteiger partial charge in [-0.25, -0.2) is 0 Å². The number of aliphatic hydroxyl groups is 1. The molecule has 0 saturated heterocycles. The number of rotatable bonds is 6. The van der Waals surface area contributed by atoms with Crippen LogP contribution in [0.25, 0.3) is 0 Å². The first-order chi connectivity index (χ1) is 6.83. The van der Waals surface area contributed by atoms with Crippen LogP contribution in [0.1, 0.15) is 18.4 Å². The van der Waals surface area contributed by atoms with Crippen LogP contribution in [0.2, 0.25) is 0 Å². The van der Waals surface area contributed by atoms with Gasteiger partial charge in [0.25, 0.3) is 0 Å². The van der Waals surface area contributed by atoms with E-state index in [4.69, 9.17) is 10.8 Å². The van der Waals surface area contributed by atoms with Crippen molar-refractivity contribution in [3.8, 4) is 0 Å². The summed E-state index contributed by atoms with van der Waals surface area (Å²) in [6.07, 6.45) is 1.89. The molecule has 1 rings (SSSR count). The number of nitrogen functional groups attached to an aromatic ring is 1. The van der Waals surface area contributed by atoms with Gasteiger partial charge >= 0.3 is 0 Å². The standard InChI is InChI=1S/C11H18N2O/c12-11-5-3-10(4-6-11)9-13-7-1-2-8-14/h3-6,13-14H,1-2,7-9,12H2. The Morgan fingerprint density at radius 1 is 1.14 bits per heavy atom. The number of nitrogens with two attached hydrogens (primary N) is 1. The van der Waals surface area contributed by atoms with Gasteiger partial charge in [-0.2, -0.15) is 0 Å². The predicted molar refractivity (Wildman–Crippen MR) is 58.9 cm³/mol. The molecule has 0 aliphatic carbocycles. The van der Waals surface area contributed by atoms with Crippen LogP contribution in [-0.4, -0.2) is 18.3 Å². The molecule has 0 spiro atoms. The average Bonchev–Trinajstić information content (AvgIpc) is 2.21. The maximum Gasteiger partial charge on any atom is 0.0431 e. The first-order valence-electron chi connectivity index (χ1n) is 4.99. The lowest BCUT2D eigenvalue weighted by Crippen LogP contribution is -2.14. The van der Waals surface area contributed by atoms with Crippen molar-refractivity contribution in [1.82, 2.24) is 5.32 Å². The van der Waals surface area contributed by atoms with Gasteiger partial charge in [-0.15, -0.1) is 0 Å². The molecule has 3 heteroatoms. The van der Waals surface area contributed by atoms with Crippen LogP contribution in [0.3, 0.4) is 0 Å². The fourth-order valence-corrected chi connectivity index (χ4v) is 1.23. The third-order valence-electron chi connectivity index (χ3n) is 2.07. The molecule has 14 heavy (non-hydrogen) atoms. The Hall–Kier alpha value is -1.06. The van der Waals surface area contributed by atoms with Crippen LogP contribution >= 0.6 is 0 Å². The average molecular weight is 194 g/mol. The molecule has 3 nitrogen and oxygen atoms in total. The van der Waals surface area contributed by atoms with Crippen LogP contribution in [-0.2, 0) is 6.54 Å². The molecule has 0 saturated carbocycles. The second-order valence-corrected chi connectivity index (χ2v) is 3.35. The molecule has 0 aromatic heterocycles.